The zero-order valence-electron chi connectivity index (χ0n) is 19.9. The van der Waals surface area contributed by atoms with E-state index in [0.29, 0.717) is 22.0 Å². The van der Waals surface area contributed by atoms with Crippen molar-refractivity contribution in [1.29, 1.82) is 0 Å². The van der Waals surface area contributed by atoms with Gasteiger partial charge in [-0.05, 0) is 73.9 Å². The molecule has 1 saturated heterocycles. The summed E-state index contributed by atoms with van der Waals surface area (Å²) in [5.41, 5.74) is 2.24. The van der Waals surface area contributed by atoms with Crippen molar-refractivity contribution in [3.8, 4) is 0 Å². The van der Waals surface area contributed by atoms with Crippen LogP contribution in [0.25, 0.3) is 17.0 Å². The Morgan fingerprint density at radius 1 is 1.03 bits per heavy atom. The first kappa shape index (κ1) is 24.4. The van der Waals surface area contributed by atoms with Crippen molar-refractivity contribution in [1.82, 2.24) is 8.96 Å². The fourth-order valence-corrected chi connectivity index (χ4v) is 5.89. The number of fused-ring (bicyclic) bond motifs is 1. The largest absolute Gasteiger partial charge is 0.372 e. The van der Waals surface area contributed by atoms with Crippen LogP contribution in [0.1, 0.15) is 35.2 Å². The minimum absolute atomic E-state index is 0.0722. The minimum atomic E-state index is -4.06. The Hall–Kier alpha value is -4.31. The van der Waals surface area contributed by atoms with E-state index in [-0.39, 0.29) is 16.4 Å². The predicted molar refractivity (Wildman–Crippen MR) is 141 cm³/mol. The van der Waals surface area contributed by atoms with Crippen LogP contribution in [-0.2, 0) is 10.0 Å². The van der Waals surface area contributed by atoms with Crippen LogP contribution in [-0.4, -0.2) is 41.2 Å². The lowest BCUT2D eigenvalue weighted by molar-refractivity contribution is -0.384. The lowest BCUT2D eigenvalue weighted by Gasteiger charge is -2.29. The Kier molecular flexibility index (Phi) is 6.58. The summed E-state index contributed by atoms with van der Waals surface area (Å²) in [7, 11) is -4.06. The van der Waals surface area contributed by atoms with Crippen molar-refractivity contribution >= 4 is 44.2 Å². The van der Waals surface area contributed by atoms with Gasteiger partial charge < -0.3 is 4.90 Å². The lowest BCUT2D eigenvalue weighted by Crippen LogP contribution is -2.29. The normalized spacial score (nSPS) is 14.3. The number of nitrogens with zero attached hydrogens (tertiary/aromatic N) is 4. The maximum Gasteiger partial charge on any atom is 0.269 e. The molecule has 0 spiro atoms. The van der Waals surface area contributed by atoms with E-state index in [2.05, 4.69) is 9.88 Å². The molecule has 0 aliphatic carbocycles. The molecule has 0 bridgehead atoms. The summed E-state index contributed by atoms with van der Waals surface area (Å²) in [6, 6.07) is 13.8. The second-order valence-corrected chi connectivity index (χ2v) is 10.6. The fourth-order valence-electron chi connectivity index (χ4n) is 4.52. The van der Waals surface area contributed by atoms with E-state index in [0.717, 1.165) is 35.6 Å². The molecule has 5 rings (SSSR count). The SMILES string of the molecule is O=C(/C=C/c1cn(S(=O)(=O)c2ccc([N+](=O)[O-])cc2)c2ccc(N3CCCCC3)cc12)c1cccnc1. The van der Waals surface area contributed by atoms with Gasteiger partial charge in [-0.1, -0.05) is 0 Å². The summed E-state index contributed by atoms with van der Waals surface area (Å²) in [6.45, 7) is 1.86. The Morgan fingerprint density at radius 3 is 2.46 bits per heavy atom. The van der Waals surface area contributed by atoms with Gasteiger partial charge in [0, 0.05) is 66.0 Å². The van der Waals surface area contributed by atoms with Gasteiger partial charge >= 0.3 is 0 Å². The van der Waals surface area contributed by atoms with Crippen molar-refractivity contribution < 1.29 is 18.1 Å². The van der Waals surface area contributed by atoms with Crippen LogP contribution in [0.2, 0.25) is 0 Å². The average molecular weight is 517 g/mol. The number of carbonyl (C=O) groups excluding carboxylic acids is 1. The van der Waals surface area contributed by atoms with Gasteiger partial charge in [0.2, 0.25) is 0 Å². The maximum atomic E-state index is 13.6. The monoisotopic (exact) mass is 516 g/mol. The summed E-state index contributed by atoms with van der Waals surface area (Å²) < 4.78 is 28.3. The van der Waals surface area contributed by atoms with E-state index < -0.39 is 14.9 Å². The Labute approximate surface area is 213 Å². The van der Waals surface area contributed by atoms with E-state index in [1.54, 1.807) is 30.5 Å². The Bertz CT molecular complexity index is 1600. The number of nitro benzene ring substituents is 1. The van der Waals surface area contributed by atoms with E-state index in [1.165, 1.54) is 49.2 Å². The van der Waals surface area contributed by atoms with Crippen LogP contribution in [0.15, 0.2) is 84.2 Å². The van der Waals surface area contributed by atoms with Crippen molar-refractivity contribution in [2.24, 2.45) is 0 Å². The molecule has 0 radical (unpaired) electrons. The van der Waals surface area contributed by atoms with Crippen molar-refractivity contribution in [2.45, 2.75) is 24.2 Å². The number of piperidine rings is 1. The van der Waals surface area contributed by atoms with Crippen molar-refractivity contribution in [3.05, 3.63) is 101 Å². The van der Waals surface area contributed by atoms with Crippen molar-refractivity contribution in [3.63, 3.8) is 0 Å². The number of nitro groups is 1. The smallest absolute Gasteiger partial charge is 0.269 e. The highest BCUT2D eigenvalue weighted by molar-refractivity contribution is 7.90. The molecule has 1 aliphatic rings. The molecule has 0 saturated carbocycles. The summed E-state index contributed by atoms with van der Waals surface area (Å²) in [5, 5.41) is 11.7. The third-order valence-corrected chi connectivity index (χ3v) is 8.16. The molecular weight excluding hydrogens is 492 g/mol. The standard InChI is InChI=1S/C27H24N4O5S/c32-27(20-5-4-14-28-18-20)13-6-21-19-30(37(35,36)24-10-7-22(8-11-24)31(33)34)26-12-9-23(17-25(21)26)29-15-2-1-3-16-29/h4-14,17-19H,1-3,15-16H2/b13-6+. The molecule has 4 aromatic rings. The molecular formula is C27H24N4O5S. The van der Waals surface area contributed by atoms with Crippen LogP contribution in [0.5, 0.6) is 0 Å². The van der Waals surface area contributed by atoms with Crippen LogP contribution < -0.4 is 4.90 Å². The number of pyridine rings is 1. The topological polar surface area (TPSA) is 115 Å². The van der Waals surface area contributed by atoms with Crippen LogP contribution in [0, 0.1) is 10.1 Å². The zero-order valence-corrected chi connectivity index (χ0v) is 20.7. The number of ketones is 1. The summed E-state index contributed by atoms with van der Waals surface area (Å²) in [5.74, 6) is -0.251. The summed E-state index contributed by atoms with van der Waals surface area (Å²) in [6.07, 6.45) is 10.9. The number of allylic oxidation sites excluding steroid dienone is 1. The molecule has 0 N–H and O–H groups in total. The number of anilines is 1. The highest BCUT2D eigenvalue weighted by Crippen LogP contribution is 2.32. The zero-order chi connectivity index (χ0) is 26.0. The second-order valence-electron chi connectivity index (χ2n) is 8.82. The minimum Gasteiger partial charge on any atom is -0.372 e. The van der Waals surface area contributed by atoms with E-state index in [4.69, 9.17) is 0 Å². The number of hydrogen-bond acceptors (Lipinski definition) is 7. The number of rotatable bonds is 7. The predicted octanol–water partition coefficient (Wildman–Crippen LogP) is 5.07. The maximum absolute atomic E-state index is 13.6. The molecule has 10 heteroatoms. The molecule has 1 fully saturated rings. The quantitative estimate of drug-likeness (QED) is 0.146. The Balaban J connectivity index is 1.60. The van der Waals surface area contributed by atoms with E-state index in [9.17, 15) is 23.3 Å². The van der Waals surface area contributed by atoms with Gasteiger partial charge in [-0.3, -0.25) is 19.9 Å². The van der Waals surface area contributed by atoms with E-state index in [1.807, 2.05) is 12.1 Å². The summed E-state index contributed by atoms with van der Waals surface area (Å²) in [4.78, 5) is 29.3. The molecule has 1 aliphatic heterocycles. The first-order valence-electron chi connectivity index (χ1n) is 11.9. The lowest BCUT2D eigenvalue weighted by atomic mass is 10.1. The fraction of sp³-hybridized carbons (Fsp3) is 0.185. The number of non-ortho nitro benzene ring substituents is 1. The van der Waals surface area contributed by atoms with Crippen LogP contribution >= 0.6 is 0 Å². The van der Waals surface area contributed by atoms with Gasteiger partial charge in [0.05, 0.1) is 15.3 Å². The third kappa shape index (κ3) is 4.88. The number of hydrogen-bond donors (Lipinski definition) is 0. The highest BCUT2D eigenvalue weighted by Gasteiger charge is 2.23. The van der Waals surface area contributed by atoms with Gasteiger partial charge in [-0.15, -0.1) is 0 Å². The van der Waals surface area contributed by atoms with Crippen molar-refractivity contribution in [2.75, 3.05) is 18.0 Å². The first-order chi connectivity index (χ1) is 17.8. The molecule has 0 amide bonds. The average Bonchev–Trinajstić information content (AvgIpc) is 3.31. The van der Waals surface area contributed by atoms with Crippen LogP contribution in [0.3, 0.4) is 0 Å². The third-order valence-electron chi connectivity index (χ3n) is 6.47. The van der Waals surface area contributed by atoms with Gasteiger partial charge in [-0.25, -0.2) is 12.4 Å². The molecule has 188 valence electrons. The van der Waals surface area contributed by atoms with Gasteiger partial charge in [0.15, 0.2) is 5.78 Å². The first-order valence-corrected chi connectivity index (χ1v) is 13.3. The van der Waals surface area contributed by atoms with Gasteiger partial charge in [-0.2, -0.15) is 0 Å². The molecule has 2 aromatic heterocycles. The molecule has 0 unspecified atom stereocenters. The highest BCUT2D eigenvalue weighted by atomic mass is 32.2. The number of carbonyl (C=O) groups is 1. The van der Waals surface area contributed by atoms with E-state index >= 15 is 0 Å². The molecule has 37 heavy (non-hydrogen) atoms. The second kappa shape index (κ2) is 9.98. The van der Waals surface area contributed by atoms with Crippen LogP contribution in [0.4, 0.5) is 11.4 Å². The molecule has 9 nitrogen and oxygen atoms in total. The number of benzene rings is 2. The molecule has 0 atom stereocenters. The molecule has 3 heterocycles. The summed E-state index contributed by atoms with van der Waals surface area (Å²) >= 11 is 0. The van der Waals surface area contributed by atoms with Gasteiger partial charge in [0.1, 0.15) is 0 Å². The van der Waals surface area contributed by atoms with Gasteiger partial charge in [0.25, 0.3) is 15.7 Å². The Morgan fingerprint density at radius 2 is 1.78 bits per heavy atom. The number of aromatic nitrogens is 2. The molecule has 2 aromatic carbocycles.